The third kappa shape index (κ3) is 4.13. The van der Waals surface area contributed by atoms with Crippen molar-refractivity contribution in [3.8, 4) is 11.8 Å². The number of aryl methyl sites for hydroxylation is 1. The van der Waals surface area contributed by atoms with E-state index in [2.05, 4.69) is 27.1 Å². The first-order chi connectivity index (χ1) is 10.2. The van der Waals surface area contributed by atoms with Gasteiger partial charge in [-0.1, -0.05) is 17.9 Å². The molecule has 1 heterocycles. The number of amides is 1. The van der Waals surface area contributed by atoms with E-state index in [1.54, 1.807) is 24.4 Å². The minimum absolute atomic E-state index is 0.163. The standard InChI is InChI=1S/C16H16N4O/c1-12-4-5-14(9-13(12)3-2-7-17)16(21)19-10-15-6-8-18-11-20-15/h4-6,8-9,11H,7,10,17H2,1H3,(H,19,21). The van der Waals surface area contributed by atoms with Crippen molar-refractivity contribution in [1.82, 2.24) is 15.3 Å². The van der Waals surface area contributed by atoms with Crippen LogP contribution in [0.4, 0.5) is 0 Å². The van der Waals surface area contributed by atoms with Crippen LogP contribution in [0.15, 0.2) is 36.8 Å². The lowest BCUT2D eigenvalue weighted by Gasteiger charge is -2.06. The topological polar surface area (TPSA) is 80.9 Å². The zero-order valence-electron chi connectivity index (χ0n) is 11.8. The molecular weight excluding hydrogens is 264 g/mol. The first-order valence-corrected chi connectivity index (χ1v) is 6.53. The van der Waals surface area contributed by atoms with Crippen LogP contribution < -0.4 is 11.1 Å². The first kappa shape index (κ1) is 14.7. The van der Waals surface area contributed by atoms with Crippen molar-refractivity contribution >= 4 is 5.91 Å². The lowest BCUT2D eigenvalue weighted by atomic mass is 10.0. The number of hydrogen-bond acceptors (Lipinski definition) is 4. The van der Waals surface area contributed by atoms with Crippen LogP contribution in [-0.2, 0) is 6.54 Å². The number of nitrogens with two attached hydrogens (primary N) is 1. The summed E-state index contributed by atoms with van der Waals surface area (Å²) < 4.78 is 0. The number of carbonyl (C=O) groups is 1. The van der Waals surface area contributed by atoms with Gasteiger partial charge in [-0.2, -0.15) is 0 Å². The summed E-state index contributed by atoms with van der Waals surface area (Å²) in [5.41, 5.74) is 8.53. The summed E-state index contributed by atoms with van der Waals surface area (Å²) in [5, 5.41) is 2.82. The predicted octanol–water partition coefficient (Wildman–Crippen LogP) is 1.03. The van der Waals surface area contributed by atoms with Crippen LogP contribution in [0.5, 0.6) is 0 Å². The van der Waals surface area contributed by atoms with Gasteiger partial charge >= 0.3 is 0 Å². The van der Waals surface area contributed by atoms with Crippen LogP contribution in [0.3, 0.4) is 0 Å². The quantitative estimate of drug-likeness (QED) is 0.823. The van der Waals surface area contributed by atoms with Crippen LogP contribution in [-0.4, -0.2) is 22.4 Å². The number of benzene rings is 1. The van der Waals surface area contributed by atoms with Gasteiger partial charge in [0.2, 0.25) is 0 Å². The van der Waals surface area contributed by atoms with Crippen LogP contribution in [0.1, 0.15) is 27.2 Å². The summed E-state index contributed by atoms with van der Waals surface area (Å²) in [6.07, 6.45) is 3.09. The van der Waals surface area contributed by atoms with E-state index in [1.165, 1.54) is 6.33 Å². The first-order valence-electron chi connectivity index (χ1n) is 6.53. The summed E-state index contributed by atoms with van der Waals surface area (Å²) >= 11 is 0. The normalized spacial score (nSPS) is 9.62. The van der Waals surface area contributed by atoms with Crippen molar-refractivity contribution in [3.05, 3.63) is 59.2 Å². The van der Waals surface area contributed by atoms with E-state index in [9.17, 15) is 4.79 Å². The summed E-state index contributed by atoms with van der Waals surface area (Å²) in [5.74, 6) is 5.60. The van der Waals surface area contributed by atoms with Gasteiger partial charge in [-0.15, -0.1) is 0 Å². The molecule has 0 aliphatic carbocycles. The molecule has 0 fully saturated rings. The Morgan fingerprint density at radius 2 is 2.24 bits per heavy atom. The van der Waals surface area contributed by atoms with Crippen molar-refractivity contribution < 1.29 is 4.79 Å². The fraction of sp³-hybridized carbons (Fsp3) is 0.188. The molecule has 1 aromatic carbocycles. The average Bonchev–Trinajstić information content (AvgIpc) is 2.53. The molecule has 5 heteroatoms. The highest BCUT2D eigenvalue weighted by molar-refractivity contribution is 5.94. The summed E-state index contributed by atoms with van der Waals surface area (Å²) in [6, 6.07) is 7.18. The number of rotatable bonds is 3. The summed E-state index contributed by atoms with van der Waals surface area (Å²) in [6.45, 7) is 2.60. The fourth-order valence-electron chi connectivity index (χ4n) is 1.74. The Kier molecular flexibility index (Phi) is 5.02. The molecule has 0 saturated heterocycles. The Balaban J connectivity index is 2.09. The minimum Gasteiger partial charge on any atom is -0.346 e. The van der Waals surface area contributed by atoms with E-state index in [1.807, 2.05) is 13.0 Å². The van der Waals surface area contributed by atoms with E-state index in [-0.39, 0.29) is 5.91 Å². The number of aromatic nitrogens is 2. The molecule has 5 nitrogen and oxygen atoms in total. The second-order valence-electron chi connectivity index (χ2n) is 4.42. The molecule has 0 aliphatic rings. The molecule has 2 aromatic rings. The molecule has 1 amide bonds. The van der Waals surface area contributed by atoms with Crippen LogP contribution in [0.25, 0.3) is 0 Å². The molecule has 0 saturated carbocycles. The van der Waals surface area contributed by atoms with Gasteiger partial charge in [0.15, 0.2) is 0 Å². The van der Waals surface area contributed by atoms with Crippen molar-refractivity contribution in [2.24, 2.45) is 5.73 Å². The van der Waals surface area contributed by atoms with Gasteiger partial charge in [0.25, 0.3) is 5.91 Å². The maximum Gasteiger partial charge on any atom is 0.251 e. The lowest BCUT2D eigenvalue weighted by Crippen LogP contribution is -2.23. The number of carbonyl (C=O) groups excluding carboxylic acids is 1. The second-order valence-corrected chi connectivity index (χ2v) is 4.42. The molecule has 21 heavy (non-hydrogen) atoms. The molecule has 0 spiro atoms. The van der Waals surface area contributed by atoms with Gasteiger partial charge in [0.05, 0.1) is 18.8 Å². The van der Waals surface area contributed by atoms with Crippen LogP contribution >= 0.6 is 0 Å². The van der Waals surface area contributed by atoms with Crippen LogP contribution in [0.2, 0.25) is 0 Å². The monoisotopic (exact) mass is 280 g/mol. The van der Waals surface area contributed by atoms with E-state index in [4.69, 9.17) is 5.73 Å². The molecular formula is C16H16N4O. The van der Waals surface area contributed by atoms with Gasteiger partial charge < -0.3 is 11.1 Å². The SMILES string of the molecule is Cc1ccc(C(=O)NCc2ccncn2)cc1C#CCN. The Labute approximate surface area is 123 Å². The molecule has 1 aromatic heterocycles. The molecule has 106 valence electrons. The van der Waals surface area contributed by atoms with Gasteiger partial charge in [0.1, 0.15) is 6.33 Å². The molecule has 2 rings (SSSR count). The molecule has 0 bridgehead atoms. The van der Waals surface area contributed by atoms with Crippen molar-refractivity contribution in [2.45, 2.75) is 13.5 Å². The van der Waals surface area contributed by atoms with Crippen LogP contribution in [0, 0.1) is 18.8 Å². The predicted molar refractivity (Wildman–Crippen MR) is 80.3 cm³/mol. The third-order valence-electron chi connectivity index (χ3n) is 2.90. The Morgan fingerprint density at radius 3 is 2.95 bits per heavy atom. The maximum absolute atomic E-state index is 12.1. The highest BCUT2D eigenvalue weighted by atomic mass is 16.1. The van der Waals surface area contributed by atoms with Crippen molar-refractivity contribution in [3.63, 3.8) is 0 Å². The van der Waals surface area contributed by atoms with Crippen molar-refractivity contribution in [2.75, 3.05) is 6.54 Å². The Bertz CT molecular complexity index is 686. The number of hydrogen-bond donors (Lipinski definition) is 2. The number of nitrogens with one attached hydrogen (secondary N) is 1. The van der Waals surface area contributed by atoms with Gasteiger partial charge in [-0.3, -0.25) is 4.79 Å². The van der Waals surface area contributed by atoms with Gasteiger partial charge in [0, 0.05) is 17.3 Å². The zero-order valence-corrected chi connectivity index (χ0v) is 11.8. The third-order valence-corrected chi connectivity index (χ3v) is 2.90. The minimum atomic E-state index is -0.163. The second kappa shape index (κ2) is 7.17. The van der Waals surface area contributed by atoms with E-state index >= 15 is 0 Å². The lowest BCUT2D eigenvalue weighted by molar-refractivity contribution is 0.0950. The van der Waals surface area contributed by atoms with E-state index in [0.29, 0.717) is 18.7 Å². The summed E-state index contributed by atoms with van der Waals surface area (Å²) in [7, 11) is 0. The Hall–Kier alpha value is -2.71. The zero-order chi connectivity index (χ0) is 15.1. The fourth-order valence-corrected chi connectivity index (χ4v) is 1.74. The molecule has 0 unspecified atom stereocenters. The highest BCUT2D eigenvalue weighted by Gasteiger charge is 2.07. The average molecular weight is 280 g/mol. The van der Waals surface area contributed by atoms with Gasteiger partial charge in [-0.05, 0) is 30.7 Å². The highest BCUT2D eigenvalue weighted by Crippen LogP contribution is 2.10. The van der Waals surface area contributed by atoms with E-state index < -0.39 is 0 Å². The number of nitrogens with zero attached hydrogens (tertiary/aromatic N) is 2. The molecule has 0 atom stereocenters. The largest absolute Gasteiger partial charge is 0.346 e. The maximum atomic E-state index is 12.1. The summed E-state index contributed by atoms with van der Waals surface area (Å²) in [4.78, 5) is 20.0. The molecule has 0 radical (unpaired) electrons. The van der Waals surface area contributed by atoms with E-state index in [0.717, 1.165) is 16.8 Å². The molecule has 0 aliphatic heterocycles. The smallest absolute Gasteiger partial charge is 0.251 e. The van der Waals surface area contributed by atoms with Gasteiger partial charge in [-0.25, -0.2) is 9.97 Å². The Morgan fingerprint density at radius 1 is 1.38 bits per heavy atom. The van der Waals surface area contributed by atoms with Crippen molar-refractivity contribution in [1.29, 1.82) is 0 Å². The molecule has 3 N–H and O–H groups in total.